The summed E-state index contributed by atoms with van der Waals surface area (Å²) in [4.78, 5) is 19.3. The van der Waals surface area contributed by atoms with Gasteiger partial charge in [-0.15, -0.1) is 0 Å². The van der Waals surface area contributed by atoms with Crippen LogP contribution in [0.5, 0.6) is 5.75 Å². The molecule has 1 fully saturated rings. The molecule has 0 bridgehead atoms. The van der Waals surface area contributed by atoms with Gasteiger partial charge in [-0.05, 0) is 31.5 Å². The second-order valence-electron chi connectivity index (χ2n) is 6.70. The second-order valence-corrected chi connectivity index (χ2v) is 6.70. The molecule has 3 aromatic rings. The van der Waals surface area contributed by atoms with Crippen molar-refractivity contribution in [3.63, 3.8) is 0 Å². The number of carbonyl (C=O) groups is 1. The Morgan fingerprint density at radius 1 is 1.30 bits per heavy atom. The lowest BCUT2D eigenvalue weighted by atomic mass is 10.1. The fourth-order valence-corrected chi connectivity index (χ4v) is 3.42. The van der Waals surface area contributed by atoms with Crippen molar-refractivity contribution in [1.29, 1.82) is 0 Å². The maximum Gasteiger partial charge on any atom is 0.257 e. The van der Waals surface area contributed by atoms with Gasteiger partial charge in [0.1, 0.15) is 11.9 Å². The van der Waals surface area contributed by atoms with E-state index in [0.717, 1.165) is 28.3 Å². The van der Waals surface area contributed by atoms with E-state index in [1.165, 1.54) is 0 Å². The molecular weight excluding hydrogens is 344 g/mol. The van der Waals surface area contributed by atoms with E-state index in [2.05, 4.69) is 10.1 Å². The first-order chi connectivity index (χ1) is 13.1. The van der Waals surface area contributed by atoms with Crippen molar-refractivity contribution in [2.45, 2.75) is 20.0 Å². The number of nitrogens with zero attached hydrogens (tertiary/aromatic N) is 4. The standard InChI is InChI=1S/C20H22N4O3/c1-13-9-19-21-11-17(14(2)24(19)22-13)20(25)23-7-8-27-18(12-23)15-5-4-6-16(10-15)26-3/h4-6,9-11,18H,7-8,12H2,1-3H3. The zero-order valence-corrected chi connectivity index (χ0v) is 15.7. The predicted octanol–water partition coefficient (Wildman–Crippen LogP) is 2.57. The Labute approximate surface area is 157 Å². The molecule has 7 heteroatoms. The Morgan fingerprint density at radius 2 is 2.15 bits per heavy atom. The third-order valence-electron chi connectivity index (χ3n) is 4.90. The van der Waals surface area contributed by atoms with Gasteiger partial charge in [-0.3, -0.25) is 4.79 Å². The van der Waals surface area contributed by atoms with Crippen LogP contribution in [0.2, 0.25) is 0 Å². The number of benzene rings is 1. The summed E-state index contributed by atoms with van der Waals surface area (Å²) in [7, 11) is 1.64. The van der Waals surface area contributed by atoms with Crippen LogP contribution in [0.4, 0.5) is 0 Å². The Morgan fingerprint density at radius 3 is 2.96 bits per heavy atom. The van der Waals surface area contributed by atoms with Crippen molar-refractivity contribution in [3.8, 4) is 5.75 Å². The van der Waals surface area contributed by atoms with Gasteiger partial charge in [0.2, 0.25) is 0 Å². The van der Waals surface area contributed by atoms with Crippen molar-refractivity contribution in [2.24, 2.45) is 0 Å². The van der Waals surface area contributed by atoms with Gasteiger partial charge in [0.15, 0.2) is 5.65 Å². The molecule has 27 heavy (non-hydrogen) atoms. The lowest BCUT2D eigenvalue weighted by molar-refractivity contribution is -0.0229. The summed E-state index contributed by atoms with van der Waals surface area (Å²) in [5.41, 5.74) is 3.98. The molecular formula is C20H22N4O3. The number of hydrogen-bond acceptors (Lipinski definition) is 5. The van der Waals surface area contributed by atoms with Gasteiger partial charge in [-0.25, -0.2) is 9.50 Å². The highest BCUT2D eigenvalue weighted by atomic mass is 16.5. The molecule has 1 unspecified atom stereocenters. The van der Waals surface area contributed by atoms with Crippen molar-refractivity contribution in [1.82, 2.24) is 19.5 Å². The average Bonchev–Trinajstić information content (AvgIpc) is 3.09. The van der Waals surface area contributed by atoms with Crippen molar-refractivity contribution >= 4 is 11.6 Å². The number of carbonyl (C=O) groups excluding carboxylic acids is 1. The normalized spacial score (nSPS) is 17.3. The van der Waals surface area contributed by atoms with Gasteiger partial charge in [0.25, 0.3) is 5.91 Å². The number of ether oxygens (including phenoxy) is 2. The number of morpholine rings is 1. The van der Waals surface area contributed by atoms with E-state index in [1.807, 2.05) is 49.1 Å². The van der Waals surface area contributed by atoms with Gasteiger partial charge in [0.05, 0.1) is 37.2 Å². The third-order valence-corrected chi connectivity index (χ3v) is 4.90. The number of hydrogen-bond donors (Lipinski definition) is 0. The smallest absolute Gasteiger partial charge is 0.257 e. The van der Waals surface area contributed by atoms with Crippen LogP contribution in [0, 0.1) is 13.8 Å². The fraction of sp³-hybridized carbons (Fsp3) is 0.350. The molecule has 140 valence electrons. The summed E-state index contributed by atoms with van der Waals surface area (Å²) in [6, 6.07) is 9.66. The molecule has 1 saturated heterocycles. The number of amides is 1. The zero-order chi connectivity index (χ0) is 19.0. The summed E-state index contributed by atoms with van der Waals surface area (Å²) < 4.78 is 12.9. The highest BCUT2D eigenvalue weighted by Crippen LogP contribution is 2.26. The van der Waals surface area contributed by atoms with E-state index in [0.29, 0.717) is 25.3 Å². The number of fused-ring (bicyclic) bond motifs is 1. The quantitative estimate of drug-likeness (QED) is 0.713. The van der Waals surface area contributed by atoms with Crippen molar-refractivity contribution in [2.75, 3.05) is 26.8 Å². The van der Waals surface area contributed by atoms with Crippen LogP contribution < -0.4 is 4.74 Å². The fourth-order valence-electron chi connectivity index (χ4n) is 3.42. The Kier molecular flexibility index (Phi) is 4.53. The Bertz CT molecular complexity index is 998. The molecule has 4 rings (SSSR count). The van der Waals surface area contributed by atoms with E-state index >= 15 is 0 Å². The van der Waals surface area contributed by atoms with Gasteiger partial charge >= 0.3 is 0 Å². The second kappa shape index (κ2) is 7.00. The molecule has 1 aromatic carbocycles. The highest BCUT2D eigenvalue weighted by Gasteiger charge is 2.28. The van der Waals surface area contributed by atoms with Gasteiger partial charge < -0.3 is 14.4 Å². The van der Waals surface area contributed by atoms with Crippen LogP contribution in [-0.4, -0.2) is 52.2 Å². The van der Waals surface area contributed by atoms with Crippen molar-refractivity contribution < 1.29 is 14.3 Å². The molecule has 1 aliphatic heterocycles. The molecule has 1 atom stereocenters. The molecule has 7 nitrogen and oxygen atoms in total. The van der Waals surface area contributed by atoms with Crippen LogP contribution in [-0.2, 0) is 4.74 Å². The van der Waals surface area contributed by atoms with Crippen molar-refractivity contribution in [3.05, 3.63) is 59.0 Å². The van der Waals surface area contributed by atoms with Gasteiger partial charge in [-0.2, -0.15) is 5.10 Å². The van der Waals surface area contributed by atoms with Crippen LogP contribution >= 0.6 is 0 Å². The SMILES string of the molecule is COc1cccc(C2CN(C(=O)c3cnc4cc(C)nn4c3C)CCO2)c1. The highest BCUT2D eigenvalue weighted by molar-refractivity contribution is 5.95. The molecule has 0 radical (unpaired) electrons. The lowest BCUT2D eigenvalue weighted by Crippen LogP contribution is -2.42. The van der Waals surface area contributed by atoms with Gasteiger partial charge in [0, 0.05) is 18.8 Å². The molecule has 1 amide bonds. The van der Waals surface area contributed by atoms with Crippen LogP contribution in [0.15, 0.2) is 36.5 Å². The molecule has 0 spiro atoms. The number of aryl methyl sites for hydroxylation is 2. The van der Waals surface area contributed by atoms with Crippen LogP contribution in [0.1, 0.15) is 33.4 Å². The van der Waals surface area contributed by atoms with E-state index in [1.54, 1.807) is 17.8 Å². The Hall–Kier alpha value is -2.93. The summed E-state index contributed by atoms with van der Waals surface area (Å²) in [6.45, 7) is 5.34. The largest absolute Gasteiger partial charge is 0.497 e. The first kappa shape index (κ1) is 17.5. The maximum atomic E-state index is 13.1. The number of rotatable bonds is 3. The molecule has 3 heterocycles. The first-order valence-electron chi connectivity index (χ1n) is 8.93. The van der Waals surface area contributed by atoms with Crippen LogP contribution in [0.3, 0.4) is 0 Å². The van der Waals surface area contributed by atoms with Crippen LogP contribution in [0.25, 0.3) is 5.65 Å². The summed E-state index contributed by atoms with van der Waals surface area (Å²) in [5.74, 6) is 0.727. The number of methoxy groups -OCH3 is 1. The third kappa shape index (κ3) is 3.26. The number of aromatic nitrogens is 3. The topological polar surface area (TPSA) is 69.0 Å². The molecule has 0 aliphatic carbocycles. The van der Waals surface area contributed by atoms with E-state index < -0.39 is 0 Å². The Balaban J connectivity index is 1.59. The summed E-state index contributed by atoms with van der Waals surface area (Å²) >= 11 is 0. The minimum Gasteiger partial charge on any atom is -0.497 e. The van der Waals surface area contributed by atoms with Gasteiger partial charge in [-0.1, -0.05) is 12.1 Å². The monoisotopic (exact) mass is 366 g/mol. The minimum atomic E-state index is -0.179. The lowest BCUT2D eigenvalue weighted by Gasteiger charge is -2.33. The maximum absolute atomic E-state index is 13.1. The summed E-state index contributed by atoms with van der Waals surface area (Å²) in [6.07, 6.45) is 1.46. The minimum absolute atomic E-state index is 0.0498. The zero-order valence-electron chi connectivity index (χ0n) is 15.7. The first-order valence-corrected chi connectivity index (χ1v) is 8.93. The molecule has 1 aliphatic rings. The predicted molar refractivity (Wildman–Crippen MR) is 100 cm³/mol. The molecule has 2 aromatic heterocycles. The van der Waals surface area contributed by atoms with E-state index in [-0.39, 0.29) is 12.0 Å². The molecule has 0 N–H and O–H groups in total. The van der Waals surface area contributed by atoms with E-state index in [4.69, 9.17) is 9.47 Å². The molecule has 0 saturated carbocycles. The summed E-state index contributed by atoms with van der Waals surface area (Å²) in [5, 5.41) is 4.43. The average molecular weight is 366 g/mol. The van der Waals surface area contributed by atoms with E-state index in [9.17, 15) is 4.79 Å².